The fraction of sp³-hybridized carbons (Fsp3) is 0.0714. The molecule has 2 aromatic heterocycles. The molecular weight excluding hydrogens is 293 g/mol. The molecule has 3 rings (SSSR count). The molecular formula is C14H10FN3O2S. The number of hydrogen-bond donors (Lipinski definition) is 1. The number of nitrogens with one attached hydrogen (secondary N) is 1. The van der Waals surface area contributed by atoms with Gasteiger partial charge in [-0.05, 0) is 36.6 Å². The van der Waals surface area contributed by atoms with Crippen LogP contribution in [0.15, 0.2) is 51.0 Å². The predicted octanol–water partition coefficient (Wildman–Crippen LogP) is 2.95. The maximum Gasteiger partial charge on any atom is 0.367 e. The molecule has 0 fully saturated rings. The molecule has 0 aliphatic carbocycles. The minimum absolute atomic E-state index is 0.305. The Kier molecular flexibility index (Phi) is 3.57. The van der Waals surface area contributed by atoms with Gasteiger partial charge in [-0.25, -0.2) is 24.3 Å². The summed E-state index contributed by atoms with van der Waals surface area (Å²) in [6, 6.07) is 7.40. The lowest BCUT2D eigenvalue weighted by Gasteiger charge is -2.02. The van der Waals surface area contributed by atoms with E-state index in [1.165, 1.54) is 23.9 Å². The van der Waals surface area contributed by atoms with Gasteiger partial charge in [0.05, 0.1) is 11.4 Å². The molecule has 5 nitrogen and oxygen atoms in total. The Morgan fingerprint density at radius 1 is 1.24 bits per heavy atom. The van der Waals surface area contributed by atoms with Crippen LogP contribution in [0.1, 0.15) is 0 Å². The largest absolute Gasteiger partial charge is 0.367 e. The molecule has 1 N–H and O–H groups in total. The first-order chi connectivity index (χ1) is 10.2. The van der Waals surface area contributed by atoms with Crippen LogP contribution < -0.4 is 5.63 Å². The molecule has 1 aromatic carbocycles. The summed E-state index contributed by atoms with van der Waals surface area (Å²) in [7, 11) is 0. The van der Waals surface area contributed by atoms with E-state index in [1.54, 1.807) is 24.4 Å². The third kappa shape index (κ3) is 2.59. The third-order valence-electron chi connectivity index (χ3n) is 2.91. The van der Waals surface area contributed by atoms with Crippen LogP contribution >= 0.6 is 11.8 Å². The second-order valence-corrected chi connectivity index (χ2v) is 4.95. The van der Waals surface area contributed by atoms with Crippen molar-refractivity contribution < 1.29 is 8.91 Å². The summed E-state index contributed by atoms with van der Waals surface area (Å²) < 4.78 is 17.9. The summed E-state index contributed by atoms with van der Waals surface area (Å²) >= 11 is 1.38. The van der Waals surface area contributed by atoms with E-state index >= 15 is 0 Å². The van der Waals surface area contributed by atoms with Gasteiger partial charge in [-0.15, -0.1) is 0 Å². The highest BCUT2D eigenvalue weighted by Gasteiger charge is 2.17. The highest BCUT2D eigenvalue weighted by molar-refractivity contribution is 7.98. The fourth-order valence-electron chi connectivity index (χ4n) is 1.93. The van der Waals surface area contributed by atoms with Crippen LogP contribution in [-0.2, 0) is 0 Å². The average molecular weight is 303 g/mol. The number of benzene rings is 1. The first kappa shape index (κ1) is 13.6. The molecule has 0 saturated carbocycles. The van der Waals surface area contributed by atoms with Crippen LogP contribution in [0.2, 0.25) is 0 Å². The Morgan fingerprint density at radius 3 is 2.71 bits per heavy atom. The summed E-state index contributed by atoms with van der Waals surface area (Å²) in [5, 5.41) is 3.12. The number of aromatic nitrogens is 3. The second kappa shape index (κ2) is 5.53. The lowest BCUT2D eigenvalue weighted by Crippen LogP contribution is -2.00. The van der Waals surface area contributed by atoms with Crippen molar-refractivity contribution in [3.8, 4) is 22.5 Å². The monoisotopic (exact) mass is 303 g/mol. The molecule has 0 unspecified atom stereocenters. The van der Waals surface area contributed by atoms with E-state index in [0.29, 0.717) is 27.7 Å². The number of thioether (sulfide) groups is 1. The Hall–Kier alpha value is -2.41. The minimum Gasteiger partial charge on any atom is -0.338 e. The Morgan fingerprint density at radius 2 is 2.00 bits per heavy atom. The number of aromatic amines is 1. The standard InChI is InChI=1S/C14H10FN3O2S/c1-21-14-16-7-6-10(17-14)11-12(18-20-13(11)19)8-2-4-9(15)5-3-8/h2-7,18H,1H3. The van der Waals surface area contributed by atoms with Gasteiger partial charge in [0.15, 0.2) is 5.16 Å². The molecule has 106 valence electrons. The molecule has 0 aliphatic rings. The maximum atomic E-state index is 13.0. The van der Waals surface area contributed by atoms with Crippen LogP contribution in [0.4, 0.5) is 4.39 Å². The van der Waals surface area contributed by atoms with Crippen molar-refractivity contribution in [3.63, 3.8) is 0 Å². The van der Waals surface area contributed by atoms with E-state index < -0.39 is 5.63 Å². The van der Waals surface area contributed by atoms with Crippen molar-refractivity contribution in [1.82, 2.24) is 15.1 Å². The van der Waals surface area contributed by atoms with E-state index in [2.05, 4.69) is 15.1 Å². The average Bonchev–Trinajstić information content (AvgIpc) is 2.90. The Balaban J connectivity index is 2.17. The number of halogens is 1. The van der Waals surface area contributed by atoms with Gasteiger partial charge in [0.25, 0.3) is 0 Å². The summed E-state index contributed by atoms with van der Waals surface area (Å²) in [5.41, 5.74) is 1.34. The smallest absolute Gasteiger partial charge is 0.338 e. The number of nitrogens with zero attached hydrogens (tertiary/aromatic N) is 2. The molecule has 0 atom stereocenters. The van der Waals surface area contributed by atoms with Crippen LogP contribution in [0.5, 0.6) is 0 Å². The van der Waals surface area contributed by atoms with E-state index in [4.69, 9.17) is 4.52 Å². The zero-order valence-corrected chi connectivity index (χ0v) is 11.8. The van der Waals surface area contributed by atoms with Gasteiger partial charge in [-0.3, -0.25) is 0 Å². The number of hydrogen-bond acceptors (Lipinski definition) is 5. The summed E-state index contributed by atoms with van der Waals surface area (Å²) in [6.07, 6.45) is 3.43. The molecule has 0 amide bonds. The number of rotatable bonds is 3. The first-order valence-electron chi connectivity index (χ1n) is 6.04. The van der Waals surface area contributed by atoms with Gasteiger partial charge in [0.2, 0.25) is 0 Å². The lowest BCUT2D eigenvalue weighted by atomic mass is 10.1. The molecule has 7 heteroatoms. The maximum absolute atomic E-state index is 13.0. The van der Waals surface area contributed by atoms with Gasteiger partial charge >= 0.3 is 5.63 Å². The molecule has 2 heterocycles. The van der Waals surface area contributed by atoms with Crippen molar-refractivity contribution in [2.24, 2.45) is 0 Å². The van der Waals surface area contributed by atoms with Crippen molar-refractivity contribution in [2.45, 2.75) is 5.16 Å². The van der Waals surface area contributed by atoms with Gasteiger partial charge < -0.3 is 4.52 Å². The molecule has 3 aromatic rings. The molecule has 0 bridgehead atoms. The summed E-state index contributed by atoms with van der Waals surface area (Å²) in [5.74, 6) is -0.349. The fourth-order valence-corrected chi connectivity index (χ4v) is 2.29. The molecule has 0 saturated heterocycles. The molecule has 0 radical (unpaired) electrons. The highest BCUT2D eigenvalue weighted by Crippen LogP contribution is 2.27. The minimum atomic E-state index is -0.528. The SMILES string of the molecule is CSc1nccc(-c2c(-c3ccc(F)cc3)[nH]oc2=O)n1. The lowest BCUT2D eigenvalue weighted by molar-refractivity contribution is 0.394. The highest BCUT2D eigenvalue weighted by atomic mass is 32.2. The molecule has 21 heavy (non-hydrogen) atoms. The van der Waals surface area contributed by atoms with Crippen molar-refractivity contribution >= 4 is 11.8 Å². The van der Waals surface area contributed by atoms with Crippen LogP contribution in [0.25, 0.3) is 22.5 Å². The Labute approximate surface area is 123 Å². The van der Waals surface area contributed by atoms with Crippen molar-refractivity contribution in [1.29, 1.82) is 0 Å². The number of H-pyrrole nitrogens is 1. The van der Waals surface area contributed by atoms with Crippen LogP contribution in [-0.4, -0.2) is 21.4 Å². The van der Waals surface area contributed by atoms with E-state index in [1.807, 2.05) is 6.26 Å². The quantitative estimate of drug-likeness (QED) is 0.595. The van der Waals surface area contributed by atoms with Gasteiger partial charge in [-0.1, -0.05) is 11.8 Å². The van der Waals surface area contributed by atoms with Crippen LogP contribution in [0.3, 0.4) is 0 Å². The van der Waals surface area contributed by atoms with Gasteiger partial charge in [-0.2, -0.15) is 0 Å². The normalized spacial score (nSPS) is 10.8. The second-order valence-electron chi connectivity index (χ2n) is 4.18. The molecule has 0 aliphatic heterocycles. The van der Waals surface area contributed by atoms with Crippen molar-refractivity contribution in [3.05, 3.63) is 52.8 Å². The summed E-state index contributed by atoms with van der Waals surface area (Å²) in [4.78, 5) is 20.3. The zero-order valence-electron chi connectivity index (χ0n) is 11.0. The third-order valence-corrected chi connectivity index (χ3v) is 3.47. The summed E-state index contributed by atoms with van der Waals surface area (Å²) in [6.45, 7) is 0. The van der Waals surface area contributed by atoms with Gasteiger partial charge in [0, 0.05) is 11.8 Å². The van der Waals surface area contributed by atoms with Crippen molar-refractivity contribution in [2.75, 3.05) is 6.26 Å². The predicted molar refractivity (Wildman–Crippen MR) is 77.5 cm³/mol. The first-order valence-corrected chi connectivity index (χ1v) is 7.26. The van der Waals surface area contributed by atoms with E-state index in [0.717, 1.165) is 0 Å². The van der Waals surface area contributed by atoms with Gasteiger partial charge in [0.1, 0.15) is 11.4 Å². The zero-order chi connectivity index (χ0) is 14.8. The van der Waals surface area contributed by atoms with Crippen LogP contribution in [0, 0.1) is 5.82 Å². The van der Waals surface area contributed by atoms with E-state index in [-0.39, 0.29) is 5.82 Å². The topological polar surface area (TPSA) is 71.8 Å². The molecule has 0 spiro atoms. The Bertz CT molecular complexity index is 827. The van der Waals surface area contributed by atoms with E-state index in [9.17, 15) is 9.18 Å².